The van der Waals surface area contributed by atoms with Crippen LogP contribution in [0.1, 0.15) is 39.3 Å². The summed E-state index contributed by atoms with van der Waals surface area (Å²) in [6.45, 7) is 8.08. The third kappa shape index (κ3) is 5.07. The Hall–Kier alpha value is -1.29. The summed E-state index contributed by atoms with van der Waals surface area (Å²) in [5, 5.41) is 3.31. The number of hydrogen-bond acceptors (Lipinski definition) is 3. The molecule has 19 heavy (non-hydrogen) atoms. The molecular formula is C15H26N2O2. The number of nitrogens with zero attached hydrogens (tertiary/aromatic N) is 1. The molecule has 0 aliphatic carbocycles. The van der Waals surface area contributed by atoms with Crippen molar-refractivity contribution in [3.8, 4) is 0 Å². The van der Waals surface area contributed by atoms with Gasteiger partial charge in [0.2, 0.25) is 0 Å². The van der Waals surface area contributed by atoms with E-state index in [0.717, 1.165) is 19.4 Å². The Morgan fingerprint density at radius 1 is 1.47 bits per heavy atom. The maximum Gasteiger partial charge on any atom is 0.322 e. The van der Waals surface area contributed by atoms with Gasteiger partial charge in [0.25, 0.3) is 0 Å². The van der Waals surface area contributed by atoms with Crippen molar-refractivity contribution in [3.05, 3.63) is 24.0 Å². The van der Waals surface area contributed by atoms with Crippen molar-refractivity contribution in [2.45, 2.75) is 52.7 Å². The first-order valence-electron chi connectivity index (χ1n) is 7.03. The van der Waals surface area contributed by atoms with E-state index in [1.807, 2.05) is 6.07 Å². The van der Waals surface area contributed by atoms with Crippen molar-refractivity contribution in [1.82, 2.24) is 9.88 Å². The molecule has 108 valence electrons. The zero-order chi connectivity index (χ0) is 14.3. The van der Waals surface area contributed by atoms with Gasteiger partial charge >= 0.3 is 5.97 Å². The number of hydrogen-bond donors (Lipinski definition) is 1. The normalized spacial score (nSPS) is 12.7. The van der Waals surface area contributed by atoms with Crippen LogP contribution in [0.2, 0.25) is 0 Å². The van der Waals surface area contributed by atoms with Gasteiger partial charge in [-0.3, -0.25) is 10.1 Å². The number of methoxy groups -OCH3 is 1. The van der Waals surface area contributed by atoms with E-state index in [1.54, 1.807) is 0 Å². The van der Waals surface area contributed by atoms with Crippen molar-refractivity contribution in [2.24, 2.45) is 5.92 Å². The van der Waals surface area contributed by atoms with Crippen LogP contribution >= 0.6 is 0 Å². The summed E-state index contributed by atoms with van der Waals surface area (Å²) in [6.07, 6.45) is 3.98. The maximum atomic E-state index is 11.7. The lowest BCUT2D eigenvalue weighted by Crippen LogP contribution is -2.38. The second-order valence-corrected chi connectivity index (χ2v) is 5.28. The van der Waals surface area contributed by atoms with E-state index < -0.39 is 0 Å². The third-order valence-corrected chi connectivity index (χ3v) is 3.11. The van der Waals surface area contributed by atoms with E-state index in [2.05, 4.69) is 42.9 Å². The fourth-order valence-electron chi connectivity index (χ4n) is 2.17. The minimum Gasteiger partial charge on any atom is -0.468 e. The van der Waals surface area contributed by atoms with Gasteiger partial charge in [-0.2, -0.15) is 0 Å². The molecule has 1 unspecified atom stereocenters. The van der Waals surface area contributed by atoms with Gasteiger partial charge in [0.15, 0.2) is 0 Å². The predicted octanol–water partition coefficient (Wildman–Crippen LogP) is 2.58. The van der Waals surface area contributed by atoms with Gasteiger partial charge in [0, 0.05) is 25.0 Å². The van der Waals surface area contributed by atoms with Gasteiger partial charge in [0.05, 0.1) is 7.11 Å². The highest BCUT2D eigenvalue weighted by Gasteiger charge is 2.20. The topological polar surface area (TPSA) is 43.3 Å². The molecule has 1 aromatic heterocycles. The molecule has 0 saturated heterocycles. The first-order chi connectivity index (χ1) is 9.08. The Balaban J connectivity index is 2.59. The van der Waals surface area contributed by atoms with Crippen molar-refractivity contribution < 1.29 is 9.53 Å². The van der Waals surface area contributed by atoms with Crippen LogP contribution in [-0.4, -0.2) is 23.7 Å². The Morgan fingerprint density at radius 3 is 2.79 bits per heavy atom. The van der Waals surface area contributed by atoms with Crippen LogP contribution in [0.3, 0.4) is 0 Å². The minimum absolute atomic E-state index is 0.178. The zero-order valence-electron chi connectivity index (χ0n) is 12.5. The van der Waals surface area contributed by atoms with E-state index in [0.29, 0.717) is 12.5 Å². The lowest BCUT2D eigenvalue weighted by Gasteiger charge is -2.19. The van der Waals surface area contributed by atoms with E-state index in [-0.39, 0.29) is 12.0 Å². The highest BCUT2D eigenvalue weighted by Crippen LogP contribution is 2.09. The summed E-state index contributed by atoms with van der Waals surface area (Å²) in [4.78, 5) is 11.7. The van der Waals surface area contributed by atoms with Crippen LogP contribution in [-0.2, 0) is 22.6 Å². The maximum absolute atomic E-state index is 11.7. The van der Waals surface area contributed by atoms with Crippen molar-refractivity contribution in [3.63, 3.8) is 0 Å². The molecule has 1 N–H and O–H groups in total. The second-order valence-electron chi connectivity index (χ2n) is 5.28. The van der Waals surface area contributed by atoms with Gasteiger partial charge in [-0.25, -0.2) is 0 Å². The molecule has 0 amide bonds. The molecule has 0 aliphatic heterocycles. The van der Waals surface area contributed by atoms with Crippen LogP contribution in [0.4, 0.5) is 0 Å². The molecule has 0 spiro atoms. The lowest BCUT2D eigenvalue weighted by molar-refractivity contribution is -0.143. The molecular weight excluding hydrogens is 240 g/mol. The summed E-state index contributed by atoms with van der Waals surface area (Å²) in [5.74, 6) is 0.279. The Morgan fingerprint density at radius 2 is 2.21 bits per heavy atom. The number of esters is 1. The minimum atomic E-state index is -0.227. The average Bonchev–Trinajstić information content (AvgIpc) is 2.81. The van der Waals surface area contributed by atoms with Crippen LogP contribution in [0.5, 0.6) is 0 Å². The molecule has 4 nitrogen and oxygen atoms in total. The Labute approximate surface area is 116 Å². The number of ether oxygens (including phenoxy) is 1. The standard InChI is InChI=1S/C15H26N2O2/c1-5-8-17-9-6-7-13(17)11-16-14(10-12(2)3)15(18)19-4/h6-7,9,12,14,16H,5,8,10-11H2,1-4H3. The fourth-order valence-corrected chi connectivity index (χ4v) is 2.17. The summed E-state index contributed by atoms with van der Waals surface area (Å²) in [7, 11) is 1.44. The second kappa shape index (κ2) is 8.00. The summed E-state index contributed by atoms with van der Waals surface area (Å²) < 4.78 is 7.07. The van der Waals surface area contributed by atoms with Gasteiger partial charge in [-0.05, 0) is 30.9 Å². The zero-order valence-corrected chi connectivity index (χ0v) is 12.5. The molecule has 0 aromatic carbocycles. The Bertz CT molecular complexity index is 385. The van der Waals surface area contributed by atoms with Crippen LogP contribution in [0, 0.1) is 5.92 Å². The molecule has 0 radical (unpaired) electrons. The molecule has 0 saturated carbocycles. The molecule has 1 atom stereocenters. The largest absolute Gasteiger partial charge is 0.468 e. The smallest absolute Gasteiger partial charge is 0.322 e. The fraction of sp³-hybridized carbons (Fsp3) is 0.667. The number of carbonyl (C=O) groups is 1. The van der Waals surface area contributed by atoms with E-state index in [4.69, 9.17) is 4.74 Å². The molecule has 0 aliphatic rings. The number of nitrogens with one attached hydrogen (secondary N) is 1. The highest BCUT2D eigenvalue weighted by molar-refractivity contribution is 5.75. The van der Waals surface area contributed by atoms with Gasteiger partial charge in [-0.1, -0.05) is 20.8 Å². The number of carbonyl (C=O) groups excluding carboxylic acids is 1. The number of aryl methyl sites for hydroxylation is 1. The first-order valence-corrected chi connectivity index (χ1v) is 7.03. The van der Waals surface area contributed by atoms with Crippen molar-refractivity contribution in [2.75, 3.05) is 7.11 Å². The van der Waals surface area contributed by atoms with E-state index >= 15 is 0 Å². The average molecular weight is 266 g/mol. The lowest BCUT2D eigenvalue weighted by atomic mass is 10.0. The first kappa shape index (κ1) is 15.8. The van der Waals surface area contributed by atoms with Crippen LogP contribution < -0.4 is 5.32 Å². The van der Waals surface area contributed by atoms with Gasteiger partial charge < -0.3 is 9.30 Å². The van der Waals surface area contributed by atoms with Crippen molar-refractivity contribution >= 4 is 5.97 Å². The van der Waals surface area contributed by atoms with E-state index in [9.17, 15) is 4.79 Å². The van der Waals surface area contributed by atoms with Crippen LogP contribution in [0.15, 0.2) is 18.3 Å². The number of rotatable bonds is 8. The number of aromatic nitrogens is 1. The monoisotopic (exact) mass is 266 g/mol. The molecule has 0 fully saturated rings. The SMILES string of the molecule is CCCn1cccc1CNC(CC(C)C)C(=O)OC. The molecule has 4 heteroatoms. The third-order valence-electron chi connectivity index (χ3n) is 3.11. The van der Waals surface area contributed by atoms with Gasteiger partial charge in [0.1, 0.15) is 6.04 Å². The summed E-state index contributed by atoms with van der Waals surface area (Å²) in [6, 6.07) is 3.91. The highest BCUT2D eigenvalue weighted by atomic mass is 16.5. The molecule has 1 rings (SSSR count). The van der Waals surface area contributed by atoms with Crippen molar-refractivity contribution in [1.29, 1.82) is 0 Å². The Kier molecular flexibility index (Phi) is 6.64. The molecule has 1 aromatic rings. The predicted molar refractivity (Wildman–Crippen MR) is 76.8 cm³/mol. The summed E-state index contributed by atoms with van der Waals surface area (Å²) in [5.41, 5.74) is 1.21. The van der Waals surface area contributed by atoms with Crippen LogP contribution in [0.25, 0.3) is 0 Å². The molecule has 1 heterocycles. The van der Waals surface area contributed by atoms with E-state index in [1.165, 1.54) is 12.8 Å². The quantitative estimate of drug-likeness (QED) is 0.735. The van der Waals surface area contributed by atoms with Gasteiger partial charge in [-0.15, -0.1) is 0 Å². The summed E-state index contributed by atoms with van der Waals surface area (Å²) >= 11 is 0. The molecule has 0 bridgehead atoms.